The van der Waals surface area contributed by atoms with Gasteiger partial charge in [-0.3, -0.25) is 0 Å². The molecule has 0 aliphatic heterocycles. The fourth-order valence-electron chi connectivity index (χ4n) is 2.82. The van der Waals surface area contributed by atoms with Gasteiger partial charge in [0.15, 0.2) is 0 Å². The monoisotopic (exact) mass is 261 g/mol. The number of aromatic nitrogens is 2. The fourth-order valence-corrected chi connectivity index (χ4v) is 2.82. The maximum Gasteiger partial charge on any atom is 0.131 e. The van der Waals surface area contributed by atoms with Crippen molar-refractivity contribution in [1.29, 1.82) is 0 Å². The molecular formula is C16H27N3. The molecule has 3 heteroatoms. The van der Waals surface area contributed by atoms with Crippen LogP contribution in [0.15, 0.2) is 12.4 Å². The van der Waals surface area contributed by atoms with Gasteiger partial charge in [-0.25, -0.2) is 9.97 Å². The third-order valence-electron chi connectivity index (χ3n) is 4.23. The number of hydrogen-bond donors (Lipinski definition) is 1. The van der Waals surface area contributed by atoms with E-state index in [-0.39, 0.29) is 0 Å². The van der Waals surface area contributed by atoms with Gasteiger partial charge in [-0.2, -0.15) is 0 Å². The average molecular weight is 261 g/mol. The van der Waals surface area contributed by atoms with Crippen molar-refractivity contribution in [3.05, 3.63) is 23.8 Å². The zero-order valence-electron chi connectivity index (χ0n) is 12.5. The van der Waals surface area contributed by atoms with Crippen molar-refractivity contribution in [3.8, 4) is 0 Å². The van der Waals surface area contributed by atoms with Crippen LogP contribution < -0.4 is 5.32 Å². The Hall–Kier alpha value is -0.960. The highest BCUT2D eigenvalue weighted by atomic mass is 14.9. The molecule has 0 unspecified atom stereocenters. The second kappa shape index (κ2) is 6.99. The molecule has 1 N–H and O–H groups in total. The molecule has 1 aliphatic carbocycles. The largest absolute Gasteiger partial charge is 0.310 e. The van der Waals surface area contributed by atoms with E-state index < -0.39 is 0 Å². The second-order valence-corrected chi connectivity index (χ2v) is 6.11. The van der Waals surface area contributed by atoms with Crippen LogP contribution in [-0.4, -0.2) is 16.0 Å². The van der Waals surface area contributed by atoms with Crippen LogP contribution in [0.25, 0.3) is 0 Å². The lowest BCUT2D eigenvalue weighted by molar-refractivity contribution is 0.312. The van der Waals surface area contributed by atoms with E-state index in [0.717, 1.165) is 18.3 Å². The van der Waals surface area contributed by atoms with Gasteiger partial charge in [0.25, 0.3) is 0 Å². The van der Waals surface area contributed by atoms with Crippen LogP contribution in [0.1, 0.15) is 70.2 Å². The molecular weight excluding hydrogens is 234 g/mol. The Balaban J connectivity index is 1.88. The lowest BCUT2D eigenvalue weighted by Gasteiger charge is -2.26. The maximum absolute atomic E-state index is 4.58. The molecule has 2 rings (SSSR count). The number of rotatable bonds is 5. The molecule has 19 heavy (non-hydrogen) atoms. The first kappa shape index (κ1) is 14.4. The Kier molecular flexibility index (Phi) is 5.32. The Labute approximate surface area is 117 Å². The molecule has 1 aromatic heterocycles. The molecule has 0 radical (unpaired) electrons. The van der Waals surface area contributed by atoms with Gasteiger partial charge < -0.3 is 5.32 Å². The highest BCUT2D eigenvalue weighted by Crippen LogP contribution is 2.35. The molecule has 0 aromatic carbocycles. The second-order valence-electron chi connectivity index (χ2n) is 6.11. The summed E-state index contributed by atoms with van der Waals surface area (Å²) in [6.07, 6.45) is 10.5. The van der Waals surface area contributed by atoms with Crippen LogP contribution in [0, 0.1) is 5.92 Å². The van der Waals surface area contributed by atoms with Crippen LogP contribution in [-0.2, 0) is 6.54 Å². The normalized spacial score (nSPS) is 23.8. The van der Waals surface area contributed by atoms with Crippen molar-refractivity contribution in [1.82, 2.24) is 15.3 Å². The standard InChI is InChI=1S/C16H27N3/c1-4-13-5-7-15(8-6-13)16-18-10-14(11-19-16)9-17-12(2)3/h10-13,15,17H,4-9H2,1-3H3. The van der Waals surface area contributed by atoms with E-state index in [2.05, 4.69) is 36.1 Å². The predicted octanol–water partition coefficient (Wildman–Crippen LogP) is 3.66. The molecule has 0 amide bonds. The van der Waals surface area contributed by atoms with Crippen molar-refractivity contribution >= 4 is 0 Å². The van der Waals surface area contributed by atoms with Crippen molar-refractivity contribution in [3.63, 3.8) is 0 Å². The number of hydrogen-bond acceptors (Lipinski definition) is 3. The predicted molar refractivity (Wildman–Crippen MR) is 79.0 cm³/mol. The zero-order chi connectivity index (χ0) is 13.7. The molecule has 0 spiro atoms. The smallest absolute Gasteiger partial charge is 0.131 e. The minimum atomic E-state index is 0.504. The van der Waals surface area contributed by atoms with Gasteiger partial charge in [-0.1, -0.05) is 27.2 Å². The summed E-state index contributed by atoms with van der Waals surface area (Å²) in [5.41, 5.74) is 1.18. The lowest BCUT2D eigenvalue weighted by atomic mass is 9.80. The third kappa shape index (κ3) is 4.27. The molecule has 106 valence electrons. The summed E-state index contributed by atoms with van der Waals surface area (Å²) in [6, 6.07) is 0.504. The topological polar surface area (TPSA) is 37.8 Å². The summed E-state index contributed by atoms with van der Waals surface area (Å²) < 4.78 is 0. The SMILES string of the molecule is CCC1CCC(c2ncc(CNC(C)C)cn2)CC1. The molecule has 3 nitrogen and oxygen atoms in total. The van der Waals surface area contributed by atoms with Gasteiger partial charge in [0.1, 0.15) is 5.82 Å². The molecule has 1 fully saturated rings. The highest BCUT2D eigenvalue weighted by molar-refractivity contribution is 5.08. The van der Waals surface area contributed by atoms with E-state index >= 15 is 0 Å². The van der Waals surface area contributed by atoms with E-state index in [4.69, 9.17) is 0 Å². The van der Waals surface area contributed by atoms with E-state index in [1.165, 1.54) is 37.7 Å². The summed E-state index contributed by atoms with van der Waals surface area (Å²) in [5, 5.41) is 3.39. The van der Waals surface area contributed by atoms with Crippen molar-refractivity contribution in [2.75, 3.05) is 0 Å². The van der Waals surface area contributed by atoms with Gasteiger partial charge >= 0.3 is 0 Å². The van der Waals surface area contributed by atoms with Gasteiger partial charge in [-0.05, 0) is 31.6 Å². The van der Waals surface area contributed by atoms with Gasteiger partial charge in [-0.15, -0.1) is 0 Å². The van der Waals surface area contributed by atoms with Crippen LogP contribution in [0.4, 0.5) is 0 Å². The van der Waals surface area contributed by atoms with Crippen molar-refractivity contribution in [2.45, 2.75) is 71.4 Å². The van der Waals surface area contributed by atoms with E-state index in [0.29, 0.717) is 12.0 Å². The van der Waals surface area contributed by atoms with Crippen molar-refractivity contribution in [2.24, 2.45) is 5.92 Å². The molecule has 1 heterocycles. The van der Waals surface area contributed by atoms with Gasteiger partial charge in [0.05, 0.1) is 0 Å². The first-order valence-corrected chi connectivity index (χ1v) is 7.73. The molecule has 0 atom stereocenters. The molecule has 1 saturated carbocycles. The Morgan fingerprint density at radius 2 is 1.79 bits per heavy atom. The summed E-state index contributed by atoms with van der Waals surface area (Å²) in [7, 11) is 0. The quantitative estimate of drug-likeness (QED) is 0.879. The lowest BCUT2D eigenvalue weighted by Crippen LogP contribution is -2.22. The summed E-state index contributed by atoms with van der Waals surface area (Å²) in [4.78, 5) is 9.16. The van der Waals surface area contributed by atoms with Crippen LogP contribution in [0.3, 0.4) is 0 Å². The maximum atomic E-state index is 4.58. The number of nitrogens with zero attached hydrogens (tertiary/aromatic N) is 2. The van der Waals surface area contributed by atoms with E-state index in [1.807, 2.05) is 12.4 Å². The Morgan fingerprint density at radius 1 is 1.16 bits per heavy atom. The fraction of sp³-hybridized carbons (Fsp3) is 0.750. The van der Waals surface area contributed by atoms with E-state index in [1.54, 1.807) is 0 Å². The van der Waals surface area contributed by atoms with E-state index in [9.17, 15) is 0 Å². The molecule has 1 aliphatic rings. The minimum absolute atomic E-state index is 0.504. The van der Waals surface area contributed by atoms with Crippen LogP contribution >= 0.6 is 0 Å². The first-order valence-electron chi connectivity index (χ1n) is 7.73. The van der Waals surface area contributed by atoms with Crippen LogP contribution in [0.5, 0.6) is 0 Å². The Bertz CT molecular complexity index is 364. The highest BCUT2D eigenvalue weighted by Gasteiger charge is 2.22. The molecule has 1 aromatic rings. The summed E-state index contributed by atoms with van der Waals surface area (Å²) >= 11 is 0. The minimum Gasteiger partial charge on any atom is -0.310 e. The third-order valence-corrected chi connectivity index (χ3v) is 4.23. The van der Waals surface area contributed by atoms with Crippen molar-refractivity contribution < 1.29 is 0 Å². The molecule has 0 saturated heterocycles. The zero-order valence-corrected chi connectivity index (χ0v) is 12.5. The van der Waals surface area contributed by atoms with Crippen LogP contribution in [0.2, 0.25) is 0 Å². The Morgan fingerprint density at radius 3 is 2.32 bits per heavy atom. The first-order chi connectivity index (χ1) is 9.19. The van der Waals surface area contributed by atoms with Gasteiger partial charge in [0, 0.05) is 36.5 Å². The average Bonchev–Trinajstić information content (AvgIpc) is 2.46. The summed E-state index contributed by atoms with van der Waals surface area (Å²) in [5.74, 6) is 2.59. The summed E-state index contributed by atoms with van der Waals surface area (Å²) in [6.45, 7) is 7.47. The molecule has 0 bridgehead atoms. The van der Waals surface area contributed by atoms with Gasteiger partial charge in [0.2, 0.25) is 0 Å². The number of nitrogens with one attached hydrogen (secondary N) is 1.